The zero-order valence-corrected chi connectivity index (χ0v) is 14.1. The zero-order valence-electron chi connectivity index (χ0n) is 14.1. The van der Waals surface area contributed by atoms with Crippen molar-refractivity contribution in [2.24, 2.45) is 0 Å². The minimum Gasteiger partial charge on any atom is -0.319 e. The second-order valence-corrected chi connectivity index (χ2v) is 5.76. The van der Waals surface area contributed by atoms with Crippen LogP contribution < -0.4 is 5.32 Å². The summed E-state index contributed by atoms with van der Waals surface area (Å²) in [5.74, 6) is -1.15. The molecular weight excluding hydrogens is 373 g/mol. The molecule has 11 heteroatoms. The number of amides is 1. The monoisotopic (exact) mass is 385 g/mol. The third kappa shape index (κ3) is 4.33. The van der Waals surface area contributed by atoms with Gasteiger partial charge in [-0.1, -0.05) is 12.1 Å². The van der Waals surface area contributed by atoms with Crippen LogP contribution in [0.25, 0.3) is 0 Å². The molecule has 0 aliphatic carbocycles. The lowest BCUT2D eigenvalue weighted by atomic mass is 10.1. The molecule has 2 aromatic carbocycles. The maximum absolute atomic E-state index is 13.2. The third-order valence-corrected chi connectivity index (χ3v) is 3.71. The van der Waals surface area contributed by atoms with Crippen molar-refractivity contribution in [3.8, 4) is 0 Å². The smallest absolute Gasteiger partial charge is 0.277 e. The van der Waals surface area contributed by atoms with Gasteiger partial charge in [0.1, 0.15) is 5.82 Å². The number of rotatable bonds is 6. The molecule has 28 heavy (non-hydrogen) atoms. The summed E-state index contributed by atoms with van der Waals surface area (Å²) in [4.78, 5) is 32.5. The standard InChI is InChI=1S/C17H12FN5O5/c18-13-3-1-2-11(4-13)9-21-10-14(8-19-21)20-17(24)12-5-15(22(25)26)7-16(6-12)23(27)28/h1-8,10H,9H2,(H,20,24). The Kier molecular flexibility index (Phi) is 5.07. The second-order valence-electron chi connectivity index (χ2n) is 5.76. The first-order chi connectivity index (χ1) is 13.3. The molecule has 1 amide bonds. The van der Waals surface area contributed by atoms with E-state index in [-0.39, 0.29) is 23.6 Å². The summed E-state index contributed by atoms with van der Waals surface area (Å²) in [5.41, 5.74) is -0.438. The first-order valence-electron chi connectivity index (χ1n) is 7.84. The summed E-state index contributed by atoms with van der Waals surface area (Å²) in [5, 5.41) is 28.4. The van der Waals surface area contributed by atoms with Crippen LogP contribution >= 0.6 is 0 Å². The molecule has 1 aromatic heterocycles. The van der Waals surface area contributed by atoms with E-state index in [1.165, 1.54) is 29.2 Å². The van der Waals surface area contributed by atoms with Gasteiger partial charge < -0.3 is 5.32 Å². The number of non-ortho nitro benzene ring substituents is 2. The number of nitrogens with one attached hydrogen (secondary N) is 1. The van der Waals surface area contributed by atoms with E-state index in [4.69, 9.17) is 0 Å². The molecule has 142 valence electrons. The van der Waals surface area contributed by atoms with E-state index in [1.54, 1.807) is 12.1 Å². The van der Waals surface area contributed by atoms with Gasteiger partial charge in [-0.15, -0.1) is 0 Å². The first-order valence-corrected chi connectivity index (χ1v) is 7.84. The highest BCUT2D eigenvalue weighted by Crippen LogP contribution is 2.23. The lowest BCUT2D eigenvalue weighted by Crippen LogP contribution is -2.12. The second kappa shape index (κ2) is 7.61. The minimum absolute atomic E-state index is 0.237. The van der Waals surface area contributed by atoms with Crippen molar-refractivity contribution in [2.45, 2.75) is 6.54 Å². The number of hydrogen-bond donors (Lipinski definition) is 1. The Morgan fingerprint density at radius 3 is 2.39 bits per heavy atom. The average Bonchev–Trinajstić information content (AvgIpc) is 3.08. The summed E-state index contributed by atoms with van der Waals surface area (Å²) in [7, 11) is 0. The molecular formula is C17H12FN5O5. The van der Waals surface area contributed by atoms with E-state index in [2.05, 4.69) is 10.4 Å². The number of benzene rings is 2. The average molecular weight is 385 g/mol. The number of hydrogen-bond acceptors (Lipinski definition) is 6. The van der Waals surface area contributed by atoms with Gasteiger partial charge in [-0.2, -0.15) is 5.10 Å². The van der Waals surface area contributed by atoms with E-state index >= 15 is 0 Å². The molecule has 3 rings (SSSR count). The van der Waals surface area contributed by atoms with Crippen LogP contribution in [0.3, 0.4) is 0 Å². The molecule has 0 unspecified atom stereocenters. The lowest BCUT2D eigenvalue weighted by Gasteiger charge is -2.03. The fraction of sp³-hybridized carbons (Fsp3) is 0.0588. The first kappa shape index (κ1) is 18.6. The number of carbonyl (C=O) groups excluding carboxylic acids is 1. The molecule has 0 saturated carbocycles. The molecule has 0 atom stereocenters. The Labute approximate surface area is 156 Å². The summed E-state index contributed by atoms with van der Waals surface area (Å²) in [6.07, 6.45) is 2.82. The molecule has 0 bridgehead atoms. The molecule has 3 aromatic rings. The van der Waals surface area contributed by atoms with Crippen LogP contribution in [0, 0.1) is 26.0 Å². The Morgan fingerprint density at radius 1 is 1.11 bits per heavy atom. The van der Waals surface area contributed by atoms with Gasteiger partial charge in [0.15, 0.2) is 0 Å². The van der Waals surface area contributed by atoms with Crippen molar-refractivity contribution in [1.82, 2.24) is 9.78 Å². The van der Waals surface area contributed by atoms with Crippen molar-refractivity contribution in [3.05, 3.63) is 92.0 Å². The molecule has 0 aliphatic heterocycles. The predicted octanol–water partition coefficient (Wildman–Crippen LogP) is 3.14. The maximum atomic E-state index is 13.2. The number of anilines is 1. The predicted molar refractivity (Wildman–Crippen MR) is 95.4 cm³/mol. The summed E-state index contributed by atoms with van der Waals surface area (Å²) >= 11 is 0. The van der Waals surface area contributed by atoms with Gasteiger partial charge in [0.05, 0.1) is 39.9 Å². The van der Waals surface area contributed by atoms with Gasteiger partial charge in [-0.05, 0) is 17.7 Å². The van der Waals surface area contributed by atoms with E-state index in [9.17, 15) is 29.4 Å². The molecule has 0 saturated heterocycles. The fourth-order valence-electron chi connectivity index (χ4n) is 2.48. The minimum atomic E-state index is -0.819. The van der Waals surface area contributed by atoms with E-state index in [0.717, 1.165) is 18.2 Å². The van der Waals surface area contributed by atoms with Crippen molar-refractivity contribution >= 4 is 23.0 Å². The molecule has 0 aliphatic rings. The van der Waals surface area contributed by atoms with Crippen molar-refractivity contribution in [2.75, 3.05) is 5.32 Å². The lowest BCUT2D eigenvalue weighted by molar-refractivity contribution is -0.394. The zero-order chi connectivity index (χ0) is 20.3. The highest BCUT2D eigenvalue weighted by molar-refractivity contribution is 6.05. The largest absolute Gasteiger partial charge is 0.319 e. The highest BCUT2D eigenvalue weighted by atomic mass is 19.1. The summed E-state index contributed by atoms with van der Waals surface area (Å²) in [6.45, 7) is 0.260. The van der Waals surface area contributed by atoms with Crippen molar-refractivity contribution in [1.29, 1.82) is 0 Å². The fourth-order valence-corrected chi connectivity index (χ4v) is 2.48. The number of carbonyl (C=O) groups is 1. The van der Waals surface area contributed by atoms with Crippen LogP contribution in [-0.2, 0) is 6.54 Å². The number of aromatic nitrogens is 2. The number of halogens is 1. The Hall–Kier alpha value is -4.15. The normalized spacial score (nSPS) is 10.5. The van der Waals surface area contributed by atoms with Crippen LogP contribution in [-0.4, -0.2) is 25.5 Å². The summed E-state index contributed by atoms with van der Waals surface area (Å²) in [6, 6.07) is 8.60. The van der Waals surface area contributed by atoms with Crippen LogP contribution in [0.2, 0.25) is 0 Å². The maximum Gasteiger partial charge on any atom is 0.277 e. The van der Waals surface area contributed by atoms with Crippen LogP contribution in [0.1, 0.15) is 15.9 Å². The molecule has 10 nitrogen and oxygen atoms in total. The molecule has 0 radical (unpaired) electrons. The van der Waals surface area contributed by atoms with Gasteiger partial charge in [-0.25, -0.2) is 4.39 Å². The van der Waals surface area contributed by atoms with Crippen LogP contribution in [0.5, 0.6) is 0 Å². The molecule has 0 spiro atoms. The number of nitro groups is 2. The quantitative estimate of drug-likeness (QED) is 0.512. The molecule has 1 N–H and O–H groups in total. The van der Waals surface area contributed by atoms with E-state index in [1.807, 2.05) is 0 Å². The molecule has 0 fully saturated rings. The van der Waals surface area contributed by atoms with E-state index in [0.29, 0.717) is 5.56 Å². The van der Waals surface area contributed by atoms with Gasteiger partial charge in [-0.3, -0.25) is 29.7 Å². The summed E-state index contributed by atoms with van der Waals surface area (Å²) < 4.78 is 14.7. The number of nitrogens with zero attached hydrogens (tertiary/aromatic N) is 4. The third-order valence-electron chi connectivity index (χ3n) is 3.71. The van der Waals surface area contributed by atoms with Crippen molar-refractivity contribution in [3.63, 3.8) is 0 Å². The van der Waals surface area contributed by atoms with E-state index < -0.39 is 27.1 Å². The number of nitro benzene ring substituents is 2. The van der Waals surface area contributed by atoms with Gasteiger partial charge >= 0.3 is 0 Å². The van der Waals surface area contributed by atoms with Crippen LogP contribution in [0.15, 0.2) is 54.9 Å². The van der Waals surface area contributed by atoms with Gasteiger partial charge in [0, 0.05) is 18.3 Å². The highest BCUT2D eigenvalue weighted by Gasteiger charge is 2.20. The van der Waals surface area contributed by atoms with Crippen LogP contribution in [0.4, 0.5) is 21.5 Å². The topological polar surface area (TPSA) is 133 Å². The Balaban J connectivity index is 1.77. The van der Waals surface area contributed by atoms with Gasteiger partial charge in [0.2, 0.25) is 0 Å². The SMILES string of the molecule is O=C(Nc1cnn(Cc2cccc(F)c2)c1)c1cc([N+](=O)[O-])cc([N+](=O)[O-])c1. The Bertz CT molecular complexity index is 1050. The van der Waals surface area contributed by atoms with Crippen molar-refractivity contribution < 1.29 is 19.0 Å². The Morgan fingerprint density at radius 2 is 1.79 bits per heavy atom. The molecule has 1 heterocycles. The van der Waals surface area contributed by atoms with Gasteiger partial charge in [0.25, 0.3) is 17.3 Å².